The first-order valence-corrected chi connectivity index (χ1v) is 9.47. The second-order valence-electron chi connectivity index (χ2n) is 5.03. The van der Waals surface area contributed by atoms with Gasteiger partial charge < -0.3 is 10.1 Å². The zero-order chi connectivity index (χ0) is 17.6. The summed E-state index contributed by atoms with van der Waals surface area (Å²) >= 11 is 11.7. The largest absolute Gasteiger partial charge is 0.385 e. The van der Waals surface area contributed by atoms with E-state index in [2.05, 4.69) is 10.0 Å². The third-order valence-electron chi connectivity index (χ3n) is 3.19. The number of ether oxygens (including phenoxy) is 1. The molecule has 24 heavy (non-hydrogen) atoms. The van der Waals surface area contributed by atoms with E-state index in [-0.39, 0.29) is 9.92 Å². The van der Waals surface area contributed by atoms with Crippen LogP contribution < -0.4 is 10.0 Å². The van der Waals surface area contributed by atoms with Gasteiger partial charge in [-0.25, -0.2) is 8.42 Å². The first-order valence-electron chi connectivity index (χ1n) is 7.23. The summed E-state index contributed by atoms with van der Waals surface area (Å²) in [6, 6.07) is 11.2. The van der Waals surface area contributed by atoms with Crippen LogP contribution in [0.1, 0.15) is 6.42 Å². The van der Waals surface area contributed by atoms with Gasteiger partial charge in [0.1, 0.15) is 0 Å². The molecule has 0 saturated carbocycles. The zero-order valence-corrected chi connectivity index (χ0v) is 15.4. The number of methoxy groups -OCH3 is 1. The summed E-state index contributed by atoms with van der Waals surface area (Å²) in [5.41, 5.74) is 1.37. The van der Waals surface area contributed by atoms with E-state index in [0.29, 0.717) is 17.3 Å². The van der Waals surface area contributed by atoms with Crippen LogP contribution in [-0.4, -0.2) is 28.7 Å². The average molecular weight is 389 g/mol. The Balaban J connectivity index is 2.03. The van der Waals surface area contributed by atoms with Gasteiger partial charge in [-0.2, -0.15) is 0 Å². The predicted molar refractivity (Wildman–Crippen MR) is 98.7 cm³/mol. The van der Waals surface area contributed by atoms with Crippen LogP contribution in [-0.2, 0) is 14.8 Å². The van der Waals surface area contributed by atoms with Gasteiger partial charge in [0.15, 0.2) is 0 Å². The van der Waals surface area contributed by atoms with Crippen molar-refractivity contribution in [2.75, 3.05) is 30.3 Å². The topological polar surface area (TPSA) is 67.4 Å². The van der Waals surface area contributed by atoms with Gasteiger partial charge in [-0.1, -0.05) is 23.2 Å². The molecule has 0 aromatic heterocycles. The number of nitrogens with one attached hydrogen (secondary N) is 2. The van der Waals surface area contributed by atoms with Crippen LogP contribution in [0.2, 0.25) is 10.0 Å². The molecule has 0 aliphatic heterocycles. The van der Waals surface area contributed by atoms with Gasteiger partial charge in [0, 0.05) is 31.6 Å². The average Bonchev–Trinajstić information content (AvgIpc) is 2.55. The van der Waals surface area contributed by atoms with Gasteiger partial charge in [0.2, 0.25) is 0 Å². The van der Waals surface area contributed by atoms with Crippen LogP contribution in [0.15, 0.2) is 47.4 Å². The van der Waals surface area contributed by atoms with E-state index >= 15 is 0 Å². The highest BCUT2D eigenvalue weighted by molar-refractivity contribution is 7.92. The SMILES string of the molecule is COCCCNc1ccc(NS(=O)(=O)c2ccc(Cl)c(Cl)c2)cc1. The standard InChI is InChI=1S/C16H18Cl2N2O3S/c1-23-10-2-9-19-12-3-5-13(6-4-12)20-24(21,22)14-7-8-15(17)16(18)11-14/h3-8,11,19-20H,2,9-10H2,1H3. The van der Waals surface area contributed by atoms with Gasteiger partial charge in [-0.05, 0) is 48.9 Å². The summed E-state index contributed by atoms with van der Waals surface area (Å²) in [4.78, 5) is 0.0543. The number of rotatable bonds is 8. The lowest BCUT2D eigenvalue weighted by Crippen LogP contribution is -2.13. The van der Waals surface area contributed by atoms with E-state index in [1.807, 2.05) is 0 Å². The van der Waals surface area contributed by atoms with Crippen molar-refractivity contribution >= 4 is 44.6 Å². The molecule has 2 N–H and O–H groups in total. The van der Waals surface area contributed by atoms with E-state index in [1.54, 1.807) is 31.4 Å². The van der Waals surface area contributed by atoms with Crippen LogP contribution >= 0.6 is 23.2 Å². The molecule has 0 aliphatic rings. The van der Waals surface area contributed by atoms with E-state index in [1.165, 1.54) is 18.2 Å². The van der Waals surface area contributed by atoms with Crippen molar-refractivity contribution in [1.29, 1.82) is 0 Å². The van der Waals surface area contributed by atoms with Gasteiger partial charge in [0.05, 0.1) is 14.9 Å². The Morgan fingerprint density at radius 3 is 2.29 bits per heavy atom. The van der Waals surface area contributed by atoms with Crippen LogP contribution in [0.4, 0.5) is 11.4 Å². The Morgan fingerprint density at radius 2 is 1.67 bits per heavy atom. The molecule has 0 spiro atoms. The summed E-state index contributed by atoms with van der Waals surface area (Å²) in [5, 5.41) is 3.72. The van der Waals surface area contributed by atoms with Crippen molar-refractivity contribution in [3.63, 3.8) is 0 Å². The van der Waals surface area contributed by atoms with E-state index in [0.717, 1.165) is 18.7 Å². The minimum absolute atomic E-state index is 0.0543. The Bertz CT molecular complexity index is 780. The fourth-order valence-electron chi connectivity index (χ4n) is 1.96. The summed E-state index contributed by atoms with van der Waals surface area (Å²) in [6.45, 7) is 1.47. The lowest BCUT2D eigenvalue weighted by molar-refractivity contribution is 0.198. The van der Waals surface area contributed by atoms with Gasteiger partial charge in [-0.3, -0.25) is 4.72 Å². The van der Waals surface area contributed by atoms with Crippen LogP contribution in [0.5, 0.6) is 0 Å². The monoisotopic (exact) mass is 388 g/mol. The number of benzene rings is 2. The Hall–Kier alpha value is -1.47. The Labute approximate surface area is 152 Å². The second-order valence-corrected chi connectivity index (χ2v) is 7.53. The maximum atomic E-state index is 12.4. The zero-order valence-electron chi connectivity index (χ0n) is 13.1. The molecule has 0 fully saturated rings. The van der Waals surface area contributed by atoms with Crippen molar-refractivity contribution < 1.29 is 13.2 Å². The Morgan fingerprint density at radius 1 is 1.00 bits per heavy atom. The molecule has 0 atom stereocenters. The predicted octanol–water partition coefficient (Wildman–Crippen LogP) is 4.24. The molecule has 0 radical (unpaired) electrons. The molecule has 0 bridgehead atoms. The number of halogens is 2. The van der Waals surface area contributed by atoms with Crippen molar-refractivity contribution in [2.45, 2.75) is 11.3 Å². The smallest absolute Gasteiger partial charge is 0.261 e. The molecule has 130 valence electrons. The fraction of sp³-hybridized carbons (Fsp3) is 0.250. The maximum absolute atomic E-state index is 12.4. The normalized spacial score (nSPS) is 11.3. The Kier molecular flexibility index (Phi) is 6.74. The van der Waals surface area contributed by atoms with Gasteiger partial charge >= 0.3 is 0 Å². The van der Waals surface area contributed by atoms with Gasteiger partial charge in [-0.15, -0.1) is 0 Å². The summed E-state index contributed by atoms with van der Waals surface area (Å²) in [7, 11) is -2.06. The minimum atomic E-state index is -3.72. The highest BCUT2D eigenvalue weighted by Crippen LogP contribution is 2.26. The second kappa shape index (κ2) is 8.58. The third-order valence-corrected chi connectivity index (χ3v) is 5.31. The molecule has 0 heterocycles. The fourth-order valence-corrected chi connectivity index (χ4v) is 3.41. The van der Waals surface area contributed by atoms with E-state index < -0.39 is 10.0 Å². The van der Waals surface area contributed by atoms with Crippen molar-refractivity contribution in [2.24, 2.45) is 0 Å². The van der Waals surface area contributed by atoms with Gasteiger partial charge in [0.25, 0.3) is 10.0 Å². The van der Waals surface area contributed by atoms with E-state index in [9.17, 15) is 8.42 Å². The van der Waals surface area contributed by atoms with Crippen LogP contribution in [0, 0.1) is 0 Å². The number of anilines is 2. The molecule has 2 aromatic rings. The lowest BCUT2D eigenvalue weighted by atomic mass is 10.3. The molecule has 2 aromatic carbocycles. The molecule has 5 nitrogen and oxygen atoms in total. The van der Waals surface area contributed by atoms with Crippen molar-refractivity contribution in [1.82, 2.24) is 0 Å². The first kappa shape index (κ1) is 18.9. The molecular formula is C16H18Cl2N2O3S. The summed E-state index contributed by atoms with van der Waals surface area (Å²) in [5.74, 6) is 0. The maximum Gasteiger partial charge on any atom is 0.261 e. The lowest BCUT2D eigenvalue weighted by Gasteiger charge is -2.10. The molecule has 0 unspecified atom stereocenters. The number of sulfonamides is 1. The molecule has 0 aliphatic carbocycles. The summed E-state index contributed by atoms with van der Waals surface area (Å²) in [6.07, 6.45) is 0.891. The summed E-state index contributed by atoms with van der Waals surface area (Å²) < 4.78 is 32.2. The van der Waals surface area contributed by atoms with Crippen LogP contribution in [0.3, 0.4) is 0 Å². The highest BCUT2D eigenvalue weighted by atomic mass is 35.5. The van der Waals surface area contributed by atoms with E-state index in [4.69, 9.17) is 27.9 Å². The minimum Gasteiger partial charge on any atom is -0.385 e. The van der Waals surface area contributed by atoms with Crippen molar-refractivity contribution in [3.05, 3.63) is 52.5 Å². The van der Waals surface area contributed by atoms with Crippen LogP contribution in [0.25, 0.3) is 0 Å². The molecule has 2 rings (SSSR count). The first-order chi connectivity index (χ1) is 11.4. The highest BCUT2D eigenvalue weighted by Gasteiger charge is 2.15. The molecular weight excluding hydrogens is 371 g/mol. The number of hydrogen-bond acceptors (Lipinski definition) is 4. The third kappa shape index (κ3) is 5.27. The number of hydrogen-bond donors (Lipinski definition) is 2. The molecule has 0 amide bonds. The quantitative estimate of drug-likeness (QED) is 0.663. The molecule has 0 saturated heterocycles. The molecule has 8 heteroatoms. The van der Waals surface area contributed by atoms with Crippen molar-refractivity contribution in [3.8, 4) is 0 Å².